The van der Waals surface area contributed by atoms with Crippen LogP contribution in [0.25, 0.3) is 0 Å². The van der Waals surface area contributed by atoms with Crippen LogP contribution in [-0.2, 0) is 12.8 Å². The van der Waals surface area contributed by atoms with E-state index in [9.17, 15) is 0 Å². The molecule has 2 aromatic carbocycles. The minimum absolute atomic E-state index is 1.26. The Bertz CT molecular complexity index is 901. The van der Waals surface area contributed by atoms with Crippen molar-refractivity contribution in [3.8, 4) is 0 Å². The summed E-state index contributed by atoms with van der Waals surface area (Å²) in [7, 11) is 0. The van der Waals surface area contributed by atoms with E-state index in [0.29, 0.717) is 0 Å². The van der Waals surface area contributed by atoms with Gasteiger partial charge in [-0.15, -0.1) is 0 Å². The molecule has 0 aliphatic heterocycles. The Balaban J connectivity index is 1.26. The second-order valence-electron chi connectivity index (χ2n) is 17.2. The van der Waals surface area contributed by atoms with Gasteiger partial charge in [0, 0.05) is 0 Å². The minimum Gasteiger partial charge on any atom is -0.324 e. The minimum atomic E-state index is 1.26. The first-order valence-corrected chi connectivity index (χ1v) is 24.2. The summed E-state index contributed by atoms with van der Waals surface area (Å²) in [6.07, 6.45) is 49.0. The molecule has 0 saturated heterocycles. The predicted molar refractivity (Wildman–Crippen MR) is 239 cm³/mol. The maximum Gasteiger partial charge on any atom is 0.0786 e. The van der Waals surface area contributed by atoms with Gasteiger partial charge in [0.15, 0.2) is 0 Å². The van der Waals surface area contributed by atoms with E-state index in [0.717, 1.165) is 0 Å². The average molecular weight is 731 g/mol. The van der Waals surface area contributed by atoms with Gasteiger partial charge in [-0.1, -0.05) is 228 Å². The van der Waals surface area contributed by atoms with Crippen LogP contribution in [0.15, 0.2) is 60.7 Å². The maximum atomic E-state index is 2.45. The lowest BCUT2D eigenvalue weighted by Gasteiger charge is -2.37. The van der Waals surface area contributed by atoms with Crippen LogP contribution in [0.4, 0.5) is 0 Å². The molecule has 0 radical (unpaired) electrons. The fourth-order valence-corrected chi connectivity index (χ4v) is 8.76. The molecule has 0 aliphatic rings. The summed E-state index contributed by atoms with van der Waals surface area (Å²) in [5.74, 6) is 0. The first kappa shape index (κ1) is 47.6. The zero-order chi connectivity index (χ0) is 37.6. The molecule has 0 unspecified atom stereocenters. The summed E-state index contributed by atoms with van der Waals surface area (Å²) in [4.78, 5) is 0. The van der Waals surface area contributed by atoms with Crippen molar-refractivity contribution in [3.05, 3.63) is 71.8 Å². The van der Waals surface area contributed by atoms with Gasteiger partial charge in [-0.3, -0.25) is 0 Å². The molecular weight excluding hydrogens is 639 g/mol. The summed E-state index contributed by atoms with van der Waals surface area (Å²) in [5, 5.41) is 0. The number of unbranched alkanes of at least 4 members (excludes halogenated alkanes) is 30. The number of aryl methyl sites for hydroxylation is 2. The molecule has 0 atom stereocenters. The highest BCUT2D eigenvalue weighted by atomic mass is 15.3. The van der Waals surface area contributed by atoms with Gasteiger partial charge in [-0.05, 0) is 76.3 Å². The van der Waals surface area contributed by atoms with Gasteiger partial charge in [0.05, 0.1) is 26.2 Å². The Morgan fingerprint density at radius 3 is 0.698 bits per heavy atom. The van der Waals surface area contributed by atoms with Crippen molar-refractivity contribution in [2.24, 2.45) is 0 Å². The molecule has 0 N–H and O–H groups in total. The molecule has 2 aromatic rings. The predicted octanol–water partition coefficient (Wildman–Crippen LogP) is 16.8. The lowest BCUT2D eigenvalue weighted by molar-refractivity contribution is -0.925. The molecule has 0 saturated carbocycles. The van der Waals surface area contributed by atoms with Crippen molar-refractivity contribution in [3.63, 3.8) is 0 Å². The van der Waals surface area contributed by atoms with Crippen LogP contribution >= 0.6 is 0 Å². The summed E-state index contributed by atoms with van der Waals surface area (Å²) in [6.45, 7) is 10.4. The van der Waals surface area contributed by atoms with Crippen LogP contribution in [0, 0.1) is 0 Å². The first-order chi connectivity index (χ1) is 26.3. The monoisotopic (exact) mass is 731 g/mol. The third-order valence-electron chi connectivity index (χ3n) is 12.7. The van der Waals surface area contributed by atoms with Crippen molar-refractivity contribution in [2.75, 3.05) is 26.2 Å². The van der Waals surface area contributed by atoms with Gasteiger partial charge in [0.25, 0.3) is 0 Å². The van der Waals surface area contributed by atoms with E-state index >= 15 is 0 Å². The molecule has 2 rings (SSSR count). The SMILES string of the molecule is CC[N+](CC)(CCCCCCCCCCCCCCCCCCc1ccccc1)CCCCCCCCCCCCCCCCCCc1ccccc1. The summed E-state index contributed by atoms with van der Waals surface area (Å²) in [5.41, 5.74) is 3.01. The van der Waals surface area contributed by atoms with E-state index in [-0.39, 0.29) is 0 Å². The van der Waals surface area contributed by atoms with E-state index < -0.39 is 0 Å². The van der Waals surface area contributed by atoms with E-state index in [4.69, 9.17) is 0 Å². The topological polar surface area (TPSA) is 0 Å². The molecule has 0 bridgehead atoms. The largest absolute Gasteiger partial charge is 0.324 e. The quantitative estimate of drug-likeness (QED) is 0.0473. The van der Waals surface area contributed by atoms with Crippen molar-refractivity contribution in [2.45, 2.75) is 232 Å². The van der Waals surface area contributed by atoms with Crippen molar-refractivity contribution in [1.29, 1.82) is 0 Å². The molecule has 0 amide bonds. The van der Waals surface area contributed by atoms with Gasteiger partial charge in [-0.2, -0.15) is 0 Å². The lowest BCUT2D eigenvalue weighted by Crippen LogP contribution is -2.49. The Morgan fingerprint density at radius 2 is 0.472 bits per heavy atom. The summed E-state index contributed by atoms with van der Waals surface area (Å²) in [6, 6.07) is 22.0. The molecule has 0 aromatic heterocycles. The van der Waals surface area contributed by atoms with Crippen molar-refractivity contribution >= 4 is 0 Å². The van der Waals surface area contributed by atoms with E-state index in [2.05, 4.69) is 74.5 Å². The number of hydrogen-bond donors (Lipinski definition) is 0. The molecule has 53 heavy (non-hydrogen) atoms. The zero-order valence-electron chi connectivity index (χ0n) is 36.1. The highest BCUT2D eigenvalue weighted by Crippen LogP contribution is 2.19. The highest BCUT2D eigenvalue weighted by Gasteiger charge is 2.21. The third kappa shape index (κ3) is 28.5. The third-order valence-corrected chi connectivity index (χ3v) is 12.7. The van der Waals surface area contributed by atoms with Crippen LogP contribution in [0.2, 0.25) is 0 Å². The second-order valence-corrected chi connectivity index (χ2v) is 17.2. The van der Waals surface area contributed by atoms with Gasteiger partial charge >= 0.3 is 0 Å². The van der Waals surface area contributed by atoms with Gasteiger partial charge in [0.1, 0.15) is 0 Å². The number of rotatable bonds is 40. The maximum absolute atomic E-state index is 2.45. The fraction of sp³-hybridized carbons (Fsp3) is 0.769. The Kier molecular flexibility index (Phi) is 32.4. The van der Waals surface area contributed by atoms with E-state index in [1.165, 1.54) is 260 Å². The van der Waals surface area contributed by atoms with Gasteiger partial charge in [-0.25, -0.2) is 0 Å². The number of benzene rings is 2. The van der Waals surface area contributed by atoms with E-state index in [1.54, 1.807) is 0 Å². The normalized spacial score (nSPS) is 11.8. The zero-order valence-corrected chi connectivity index (χ0v) is 36.1. The Labute approximate surface area is 333 Å². The highest BCUT2D eigenvalue weighted by molar-refractivity contribution is 5.15. The number of quaternary nitrogens is 1. The molecule has 1 heteroatoms. The van der Waals surface area contributed by atoms with Crippen LogP contribution in [0.3, 0.4) is 0 Å². The number of nitrogens with zero attached hydrogens (tertiary/aromatic N) is 1. The Morgan fingerprint density at radius 1 is 0.264 bits per heavy atom. The van der Waals surface area contributed by atoms with Gasteiger partial charge < -0.3 is 4.48 Å². The van der Waals surface area contributed by atoms with Crippen LogP contribution in [0.1, 0.15) is 230 Å². The van der Waals surface area contributed by atoms with Crippen LogP contribution in [-0.4, -0.2) is 30.7 Å². The molecule has 1 nitrogen and oxygen atoms in total. The molecule has 0 fully saturated rings. The van der Waals surface area contributed by atoms with Crippen LogP contribution < -0.4 is 0 Å². The molecular formula is C52H92N+. The number of hydrogen-bond acceptors (Lipinski definition) is 0. The van der Waals surface area contributed by atoms with Crippen molar-refractivity contribution < 1.29 is 4.48 Å². The van der Waals surface area contributed by atoms with Gasteiger partial charge in [0.2, 0.25) is 0 Å². The first-order valence-electron chi connectivity index (χ1n) is 24.2. The molecule has 0 aliphatic carbocycles. The smallest absolute Gasteiger partial charge is 0.0786 e. The van der Waals surface area contributed by atoms with E-state index in [1.807, 2.05) is 0 Å². The molecule has 0 spiro atoms. The fourth-order valence-electron chi connectivity index (χ4n) is 8.76. The lowest BCUT2D eigenvalue weighted by atomic mass is 10.0. The van der Waals surface area contributed by atoms with Crippen LogP contribution in [0.5, 0.6) is 0 Å². The second kappa shape index (κ2) is 36.1. The van der Waals surface area contributed by atoms with Crippen molar-refractivity contribution in [1.82, 2.24) is 0 Å². The summed E-state index contributed by atoms with van der Waals surface area (Å²) >= 11 is 0. The summed E-state index contributed by atoms with van der Waals surface area (Å²) < 4.78 is 1.38. The molecule has 304 valence electrons. The molecule has 0 heterocycles. The Hall–Kier alpha value is -1.60. The average Bonchev–Trinajstić information content (AvgIpc) is 3.20. The standard InChI is InChI=1S/C52H92N/c1-3-53(4-2,49-41-31-27-23-19-15-11-7-5-9-13-17-21-25-29-35-43-51-45-37-33-38-46-51)50-42-32-28-24-20-16-12-8-6-10-14-18-22-26-30-36-44-52-47-39-34-40-48-52/h33-34,37-40,45-48H,3-32,35-36,41-44,49-50H2,1-2H3/q+1.